The quantitative estimate of drug-likeness (QED) is 0.502. The van der Waals surface area contributed by atoms with Gasteiger partial charge in [-0.3, -0.25) is 0 Å². The average molecular weight is 260 g/mol. The van der Waals surface area contributed by atoms with Crippen molar-refractivity contribution in [2.24, 2.45) is 10.9 Å². The van der Waals surface area contributed by atoms with E-state index in [1.807, 2.05) is 0 Å². The van der Waals surface area contributed by atoms with E-state index in [0.29, 0.717) is 30.8 Å². The molecular formula is C12H15F3N2O. The third kappa shape index (κ3) is 4.37. The number of nitrogens with zero attached hydrogens (tertiary/aromatic N) is 1. The summed E-state index contributed by atoms with van der Waals surface area (Å²) in [6, 6.07) is 4.78. The molecule has 0 atom stereocenters. The van der Waals surface area contributed by atoms with Gasteiger partial charge in [-0.05, 0) is 37.6 Å². The summed E-state index contributed by atoms with van der Waals surface area (Å²) in [5, 5.41) is 3.80. The van der Waals surface area contributed by atoms with Gasteiger partial charge in [0, 0.05) is 0 Å². The SMILES string of the molecule is C/C(=N\OCCCN)c1ccc(C(F)(F)F)cc1. The Morgan fingerprint density at radius 3 is 2.39 bits per heavy atom. The molecule has 18 heavy (non-hydrogen) atoms. The van der Waals surface area contributed by atoms with Gasteiger partial charge < -0.3 is 10.6 Å². The molecule has 0 aliphatic rings. The van der Waals surface area contributed by atoms with Crippen molar-refractivity contribution in [1.29, 1.82) is 0 Å². The molecule has 0 fully saturated rings. The molecule has 1 aromatic carbocycles. The highest BCUT2D eigenvalue weighted by Gasteiger charge is 2.29. The van der Waals surface area contributed by atoms with Crippen LogP contribution >= 0.6 is 0 Å². The lowest BCUT2D eigenvalue weighted by Gasteiger charge is -2.07. The fourth-order valence-electron chi connectivity index (χ4n) is 1.24. The number of oxime groups is 1. The van der Waals surface area contributed by atoms with Gasteiger partial charge in [0.1, 0.15) is 6.61 Å². The predicted octanol–water partition coefficient (Wildman–Crippen LogP) is 2.79. The lowest BCUT2D eigenvalue weighted by molar-refractivity contribution is -0.137. The van der Waals surface area contributed by atoms with Crippen LogP contribution in [0.25, 0.3) is 0 Å². The van der Waals surface area contributed by atoms with Crippen LogP contribution in [-0.4, -0.2) is 18.9 Å². The summed E-state index contributed by atoms with van der Waals surface area (Å²) in [6.07, 6.45) is -3.63. The first-order valence-corrected chi connectivity index (χ1v) is 5.49. The van der Waals surface area contributed by atoms with Crippen molar-refractivity contribution in [1.82, 2.24) is 0 Å². The minimum Gasteiger partial charge on any atom is -0.396 e. The molecule has 1 aromatic rings. The van der Waals surface area contributed by atoms with Gasteiger partial charge in [0.15, 0.2) is 0 Å². The molecule has 0 saturated carbocycles. The molecule has 0 heterocycles. The standard InChI is InChI=1S/C12H15F3N2O/c1-9(17-18-8-2-7-16)10-3-5-11(6-4-10)12(13,14)15/h3-6H,2,7-8,16H2,1H3/b17-9+. The van der Waals surface area contributed by atoms with E-state index >= 15 is 0 Å². The molecule has 0 bridgehead atoms. The molecule has 1 rings (SSSR count). The second-order valence-electron chi connectivity index (χ2n) is 3.73. The Kier molecular flexibility index (Phi) is 5.15. The Hall–Kier alpha value is -1.56. The largest absolute Gasteiger partial charge is 0.416 e. The molecule has 0 spiro atoms. The van der Waals surface area contributed by atoms with Gasteiger partial charge in [0.2, 0.25) is 0 Å². The first kappa shape index (κ1) is 14.5. The smallest absolute Gasteiger partial charge is 0.396 e. The lowest BCUT2D eigenvalue weighted by Crippen LogP contribution is -2.06. The molecule has 0 amide bonds. The maximum Gasteiger partial charge on any atom is 0.416 e. The number of benzene rings is 1. The normalized spacial score (nSPS) is 12.6. The molecule has 0 aromatic heterocycles. The van der Waals surface area contributed by atoms with Crippen LogP contribution in [0.2, 0.25) is 0 Å². The first-order valence-electron chi connectivity index (χ1n) is 5.49. The zero-order valence-electron chi connectivity index (χ0n) is 10.00. The summed E-state index contributed by atoms with van der Waals surface area (Å²) in [7, 11) is 0. The van der Waals surface area contributed by atoms with Crippen LogP contribution in [0.4, 0.5) is 13.2 Å². The van der Waals surface area contributed by atoms with Crippen molar-refractivity contribution >= 4 is 5.71 Å². The summed E-state index contributed by atoms with van der Waals surface area (Å²) in [5.74, 6) is 0. The van der Waals surface area contributed by atoms with Crippen LogP contribution in [0.3, 0.4) is 0 Å². The van der Waals surface area contributed by atoms with Crippen molar-refractivity contribution in [2.45, 2.75) is 19.5 Å². The molecule has 100 valence electrons. The van der Waals surface area contributed by atoms with Crippen molar-refractivity contribution < 1.29 is 18.0 Å². The van der Waals surface area contributed by atoms with Gasteiger partial charge in [-0.25, -0.2) is 0 Å². The Balaban J connectivity index is 2.67. The molecule has 2 N–H and O–H groups in total. The fraction of sp³-hybridized carbons (Fsp3) is 0.417. The number of halogens is 3. The molecule has 0 aliphatic heterocycles. The van der Waals surface area contributed by atoms with Gasteiger partial charge in [-0.15, -0.1) is 0 Å². The van der Waals surface area contributed by atoms with Crippen molar-refractivity contribution in [3.8, 4) is 0 Å². The predicted molar refractivity (Wildman–Crippen MR) is 63.3 cm³/mol. The second-order valence-corrected chi connectivity index (χ2v) is 3.73. The lowest BCUT2D eigenvalue weighted by atomic mass is 10.1. The summed E-state index contributed by atoms with van der Waals surface area (Å²) in [5.41, 5.74) is 5.72. The van der Waals surface area contributed by atoms with Crippen molar-refractivity contribution in [2.75, 3.05) is 13.2 Å². The highest BCUT2D eigenvalue weighted by Crippen LogP contribution is 2.29. The van der Waals surface area contributed by atoms with Gasteiger partial charge in [-0.1, -0.05) is 17.3 Å². The van der Waals surface area contributed by atoms with Gasteiger partial charge >= 0.3 is 6.18 Å². The molecule has 0 radical (unpaired) electrons. The maximum absolute atomic E-state index is 12.3. The maximum atomic E-state index is 12.3. The number of hydrogen-bond acceptors (Lipinski definition) is 3. The zero-order chi connectivity index (χ0) is 13.6. The number of rotatable bonds is 5. The highest BCUT2D eigenvalue weighted by atomic mass is 19.4. The van der Waals surface area contributed by atoms with Gasteiger partial charge in [0.25, 0.3) is 0 Å². The van der Waals surface area contributed by atoms with E-state index in [1.165, 1.54) is 12.1 Å². The minimum absolute atomic E-state index is 0.397. The van der Waals surface area contributed by atoms with Crippen LogP contribution in [-0.2, 0) is 11.0 Å². The Bertz CT molecular complexity index is 399. The van der Waals surface area contributed by atoms with E-state index in [1.54, 1.807) is 6.92 Å². The topological polar surface area (TPSA) is 47.6 Å². The Morgan fingerprint density at radius 2 is 1.89 bits per heavy atom. The highest BCUT2D eigenvalue weighted by molar-refractivity contribution is 5.98. The molecule has 0 aliphatic carbocycles. The molecule has 0 unspecified atom stereocenters. The summed E-state index contributed by atoms with van der Waals surface area (Å²) in [4.78, 5) is 4.97. The van der Waals surface area contributed by atoms with E-state index in [-0.39, 0.29) is 0 Å². The third-order valence-corrected chi connectivity index (χ3v) is 2.27. The van der Waals surface area contributed by atoms with Gasteiger partial charge in [-0.2, -0.15) is 13.2 Å². The van der Waals surface area contributed by atoms with Crippen LogP contribution < -0.4 is 5.73 Å². The molecular weight excluding hydrogens is 245 g/mol. The molecule has 6 heteroatoms. The summed E-state index contributed by atoms with van der Waals surface area (Å²) < 4.78 is 37.0. The van der Waals surface area contributed by atoms with Crippen LogP contribution in [0.5, 0.6) is 0 Å². The monoisotopic (exact) mass is 260 g/mol. The molecule has 3 nitrogen and oxygen atoms in total. The summed E-state index contributed by atoms with van der Waals surface area (Å²) in [6.45, 7) is 2.58. The third-order valence-electron chi connectivity index (χ3n) is 2.27. The number of nitrogens with two attached hydrogens (primary N) is 1. The van der Waals surface area contributed by atoms with Crippen LogP contribution in [0.1, 0.15) is 24.5 Å². The first-order chi connectivity index (χ1) is 8.45. The van der Waals surface area contributed by atoms with E-state index in [9.17, 15) is 13.2 Å². The molecule has 0 saturated heterocycles. The number of alkyl halides is 3. The van der Waals surface area contributed by atoms with Crippen molar-refractivity contribution in [3.05, 3.63) is 35.4 Å². The average Bonchev–Trinajstić information content (AvgIpc) is 2.33. The van der Waals surface area contributed by atoms with E-state index in [0.717, 1.165) is 12.1 Å². The summed E-state index contributed by atoms with van der Waals surface area (Å²) >= 11 is 0. The van der Waals surface area contributed by atoms with Crippen molar-refractivity contribution in [3.63, 3.8) is 0 Å². The van der Waals surface area contributed by atoms with Gasteiger partial charge in [0.05, 0.1) is 11.3 Å². The Labute approximate surface area is 103 Å². The Morgan fingerprint density at radius 1 is 1.28 bits per heavy atom. The fourth-order valence-corrected chi connectivity index (χ4v) is 1.24. The van der Waals surface area contributed by atoms with E-state index in [4.69, 9.17) is 10.6 Å². The van der Waals surface area contributed by atoms with E-state index in [2.05, 4.69) is 5.16 Å². The minimum atomic E-state index is -4.32. The van der Waals surface area contributed by atoms with Crippen LogP contribution in [0.15, 0.2) is 29.4 Å². The number of hydrogen-bond donors (Lipinski definition) is 1. The zero-order valence-corrected chi connectivity index (χ0v) is 10.00. The van der Waals surface area contributed by atoms with E-state index < -0.39 is 11.7 Å². The second kappa shape index (κ2) is 6.39. The van der Waals surface area contributed by atoms with Crippen LogP contribution in [0, 0.1) is 0 Å².